The van der Waals surface area contributed by atoms with Crippen molar-refractivity contribution in [3.63, 3.8) is 0 Å². The fourth-order valence-corrected chi connectivity index (χ4v) is 8.20. The van der Waals surface area contributed by atoms with Crippen LogP contribution in [0.4, 0.5) is 4.79 Å². The first-order valence-corrected chi connectivity index (χ1v) is 18.6. The van der Waals surface area contributed by atoms with E-state index in [-0.39, 0.29) is 43.7 Å². The molecule has 3 aliphatic rings. The maximum atomic E-state index is 14.3. The summed E-state index contributed by atoms with van der Waals surface area (Å²) < 4.78 is 57.6. The van der Waals surface area contributed by atoms with Gasteiger partial charge in [0.2, 0.25) is 22.7 Å². The molecular formula is C35H49N3O11S. The Bertz CT molecular complexity index is 1540. The number of ether oxygens (including phenoxy) is 5. The molecule has 3 heterocycles. The van der Waals surface area contributed by atoms with Crippen LogP contribution in [0.2, 0.25) is 0 Å². The van der Waals surface area contributed by atoms with Crippen LogP contribution in [0.3, 0.4) is 0 Å². The summed E-state index contributed by atoms with van der Waals surface area (Å²) in [5.74, 6) is 0.268. The van der Waals surface area contributed by atoms with Crippen LogP contribution >= 0.6 is 0 Å². The van der Waals surface area contributed by atoms with Crippen molar-refractivity contribution in [2.24, 2.45) is 11.3 Å². The zero-order valence-electron chi connectivity index (χ0n) is 28.6. The number of hydrogen-bond acceptors (Lipinski definition) is 11. The van der Waals surface area contributed by atoms with E-state index in [4.69, 9.17) is 28.8 Å². The molecule has 14 nitrogen and oxygen atoms in total. The first kappa shape index (κ1) is 37.8. The Labute approximate surface area is 293 Å². The third kappa shape index (κ3) is 10.1. The molecule has 5 atom stereocenters. The number of nitrogens with zero attached hydrogens (tertiary/aromatic N) is 1. The molecule has 0 aliphatic carbocycles. The van der Waals surface area contributed by atoms with E-state index in [9.17, 15) is 23.1 Å². The van der Waals surface area contributed by atoms with Crippen LogP contribution in [-0.4, -0.2) is 106 Å². The summed E-state index contributed by atoms with van der Waals surface area (Å²) in [4.78, 5) is 24.6. The number of benzene rings is 2. The van der Waals surface area contributed by atoms with Crippen LogP contribution in [-0.2, 0) is 35.4 Å². The Morgan fingerprint density at radius 3 is 2.62 bits per heavy atom. The van der Waals surface area contributed by atoms with Gasteiger partial charge in [-0.25, -0.2) is 13.2 Å². The minimum atomic E-state index is -4.17. The molecule has 4 N–H and O–H groups in total. The monoisotopic (exact) mass is 719 g/mol. The quantitative estimate of drug-likeness (QED) is 0.166. The highest BCUT2D eigenvalue weighted by Crippen LogP contribution is 2.36. The molecule has 2 aromatic carbocycles. The van der Waals surface area contributed by atoms with Gasteiger partial charge in [-0.1, -0.05) is 57.0 Å². The maximum absolute atomic E-state index is 14.3. The largest absolute Gasteiger partial charge is 0.454 e. The van der Waals surface area contributed by atoms with E-state index in [1.807, 2.05) is 44.2 Å². The topological polar surface area (TPSA) is 182 Å². The number of unbranched alkanes of at least 4 members (excludes halogenated alkanes) is 2. The molecule has 0 saturated carbocycles. The van der Waals surface area contributed by atoms with Gasteiger partial charge in [-0.2, -0.15) is 4.31 Å². The number of aliphatic hydroxyl groups is 2. The molecule has 0 spiro atoms. The highest BCUT2D eigenvalue weighted by Gasteiger charge is 2.44. The Hall–Kier alpha value is -3.47. The average molecular weight is 720 g/mol. The normalized spacial score (nSPS) is 21.1. The molecule has 2 fully saturated rings. The predicted molar refractivity (Wildman–Crippen MR) is 181 cm³/mol. The van der Waals surface area contributed by atoms with Gasteiger partial charge in [-0.05, 0) is 48.8 Å². The zero-order valence-corrected chi connectivity index (χ0v) is 29.4. The van der Waals surface area contributed by atoms with Gasteiger partial charge in [-0.15, -0.1) is 0 Å². The lowest BCUT2D eigenvalue weighted by atomic mass is 9.86. The maximum Gasteiger partial charge on any atom is 0.407 e. The second kappa shape index (κ2) is 17.2. The summed E-state index contributed by atoms with van der Waals surface area (Å²) in [6.07, 6.45) is 0.925. The SMILES string of the molecule is CC(C)(CCCCCNC(=O)CO)CN(C[C@H](O)[C@H](Cc1ccccc1)NC(=O)O[C@H]1CO[C@H]2OCC[C@H]21)S(=O)(=O)c1ccc2c(c1)OCO2. The van der Waals surface area contributed by atoms with Crippen molar-refractivity contribution in [3.05, 3.63) is 54.1 Å². The predicted octanol–water partition coefficient (Wildman–Crippen LogP) is 2.56. The van der Waals surface area contributed by atoms with Crippen LogP contribution in [0.15, 0.2) is 53.4 Å². The molecule has 0 unspecified atom stereocenters. The Kier molecular flexibility index (Phi) is 13.0. The minimum absolute atomic E-state index is 0.00840. The van der Waals surface area contributed by atoms with Crippen molar-refractivity contribution in [1.29, 1.82) is 0 Å². The lowest BCUT2D eigenvalue weighted by Gasteiger charge is -2.35. The number of hydrogen-bond donors (Lipinski definition) is 4. The zero-order chi connectivity index (χ0) is 35.7. The third-order valence-electron chi connectivity index (χ3n) is 9.28. The van der Waals surface area contributed by atoms with Crippen LogP contribution in [0.5, 0.6) is 11.5 Å². The third-order valence-corrected chi connectivity index (χ3v) is 11.1. The van der Waals surface area contributed by atoms with Crippen LogP contribution in [0.25, 0.3) is 0 Å². The number of rotatable bonds is 18. The summed E-state index contributed by atoms with van der Waals surface area (Å²) in [7, 11) is -4.17. The van der Waals surface area contributed by atoms with Gasteiger partial charge in [0.05, 0.1) is 36.2 Å². The van der Waals surface area contributed by atoms with Gasteiger partial charge in [0, 0.05) is 25.7 Å². The van der Waals surface area contributed by atoms with E-state index in [0.717, 1.165) is 18.4 Å². The summed E-state index contributed by atoms with van der Waals surface area (Å²) >= 11 is 0. The molecule has 2 amide bonds. The molecular weight excluding hydrogens is 670 g/mol. The summed E-state index contributed by atoms with van der Waals surface area (Å²) in [6.45, 7) is 4.32. The molecule has 2 saturated heterocycles. The van der Waals surface area contributed by atoms with Gasteiger partial charge in [0.1, 0.15) is 12.7 Å². The molecule has 2 aromatic rings. The Balaban J connectivity index is 1.32. The Morgan fingerprint density at radius 1 is 1.06 bits per heavy atom. The minimum Gasteiger partial charge on any atom is -0.454 e. The highest BCUT2D eigenvalue weighted by atomic mass is 32.2. The van der Waals surface area contributed by atoms with Crippen LogP contribution in [0, 0.1) is 11.3 Å². The number of nitrogens with one attached hydrogen (secondary N) is 2. The number of alkyl carbamates (subject to hydrolysis) is 1. The van der Waals surface area contributed by atoms with E-state index in [2.05, 4.69) is 10.6 Å². The second-order valence-corrected chi connectivity index (χ2v) is 15.7. The highest BCUT2D eigenvalue weighted by molar-refractivity contribution is 7.89. The summed E-state index contributed by atoms with van der Waals surface area (Å²) in [5, 5.41) is 26.1. The molecule has 0 aromatic heterocycles. The fraction of sp³-hybridized carbons (Fsp3) is 0.600. The number of carbonyl (C=O) groups excluding carboxylic acids is 2. The van der Waals surface area contributed by atoms with Crippen molar-refractivity contribution in [3.8, 4) is 11.5 Å². The first-order valence-electron chi connectivity index (χ1n) is 17.1. The van der Waals surface area contributed by atoms with E-state index >= 15 is 0 Å². The molecule has 276 valence electrons. The van der Waals surface area contributed by atoms with Gasteiger partial charge >= 0.3 is 6.09 Å². The standard InChI is InChI=1S/C35H49N3O11S/c1-35(2,14-7-4-8-15-36-32(41)20-39)22-38(50(43,44)25-11-12-29-30(18-25)48-23-47-29)19-28(40)27(17-24-9-5-3-6-10-24)37-34(42)49-31-21-46-33-26(31)13-16-45-33/h3,5-6,9-12,18,26-28,31,33,39-40H,4,7-8,13-17,19-23H2,1-2H3,(H,36,41)(H,37,42)/t26-,27-,28-,31-,33+/m0/s1. The number of amides is 2. The second-order valence-electron chi connectivity index (χ2n) is 13.8. The van der Waals surface area contributed by atoms with Crippen molar-refractivity contribution in [1.82, 2.24) is 14.9 Å². The van der Waals surface area contributed by atoms with Gasteiger partial charge < -0.3 is 44.5 Å². The van der Waals surface area contributed by atoms with Gasteiger partial charge in [0.15, 0.2) is 17.8 Å². The number of carbonyl (C=O) groups is 2. The average Bonchev–Trinajstić information content (AvgIpc) is 3.85. The lowest BCUT2D eigenvalue weighted by Crippen LogP contribution is -2.52. The number of aliphatic hydroxyl groups excluding tert-OH is 2. The Morgan fingerprint density at radius 2 is 1.84 bits per heavy atom. The molecule has 3 aliphatic heterocycles. The van der Waals surface area contributed by atoms with Crippen molar-refractivity contribution >= 4 is 22.0 Å². The molecule has 15 heteroatoms. The first-order chi connectivity index (χ1) is 23.9. The van der Waals surface area contributed by atoms with Gasteiger partial charge in [-0.3, -0.25) is 4.79 Å². The molecule has 50 heavy (non-hydrogen) atoms. The van der Waals surface area contributed by atoms with E-state index < -0.39 is 58.6 Å². The number of sulfonamides is 1. The smallest absolute Gasteiger partial charge is 0.407 e. The lowest BCUT2D eigenvalue weighted by molar-refractivity contribution is -0.123. The van der Waals surface area contributed by atoms with Crippen LogP contribution < -0.4 is 20.1 Å². The van der Waals surface area contributed by atoms with Gasteiger partial charge in [0.25, 0.3) is 0 Å². The number of fused-ring (bicyclic) bond motifs is 2. The fourth-order valence-electron chi connectivity index (χ4n) is 6.54. The van der Waals surface area contributed by atoms with Crippen molar-refractivity contribution in [2.75, 3.05) is 46.2 Å². The molecule has 5 rings (SSSR count). The van der Waals surface area contributed by atoms with Crippen molar-refractivity contribution in [2.45, 2.75) is 81.8 Å². The summed E-state index contributed by atoms with van der Waals surface area (Å²) in [5.41, 5.74) is 0.326. The molecule has 0 radical (unpaired) electrons. The van der Waals surface area contributed by atoms with E-state index in [1.165, 1.54) is 16.4 Å². The van der Waals surface area contributed by atoms with E-state index in [1.54, 1.807) is 6.07 Å². The van der Waals surface area contributed by atoms with Crippen molar-refractivity contribution < 1.29 is 51.9 Å². The molecule has 0 bridgehead atoms. The summed E-state index contributed by atoms with van der Waals surface area (Å²) in [6, 6.07) is 12.8. The van der Waals surface area contributed by atoms with Crippen LogP contribution in [0.1, 0.15) is 51.5 Å². The van der Waals surface area contributed by atoms with E-state index in [0.29, 0.717) is 43.9 Å².